The second-order valence-corrected chi connectivity index (χ2v) is 4.53. The summed E-state index contributed by atoms with van der Waals surface area (Å²) in [6.45, 7) is 0.415. The summed E-state index contributed by atoms with van der Waals surface area (Å²) in [6.07, 6.45) is 3.36. The van der Waals surface area contributed by atoms with Crippen molar-refractivity contribution in [2.75, 3.05) is 12.4 Å². The van der Waals surface area contributed by atoms with Gasteiger partial charge in [-0.15, -0.1) is 0 Å². The minimum Gasteiger partial charge on any atom is -0.478 e. The third-order valence-electron chi connectivity index (χ3n) is 2.85. The van der Waals surface area contributed by atoms with Crippen LogP contribution in [0.25, 0.3) is 0 Å². The number of aromatic nitrogens is 1. The summed E-state index contributed by atoms with van der Waals surface area (Å²) >= 11 is 0. The number of benzene rings is 1. The Bertz CT molecular complexity index is 644. The number of hydrogen-bond donors (Lipinski definition) is 2. The van der Waals surface area contributed by atoms with Gasteiger partial charge in [0.2, 0.25) is 0 Å². The molecule has 2 aromatic rings. The summed E-state index contributed by atoms with van der Waals surface area (Å²) < 4.78 is 0. The molecule has 0 saturated carbocycles. The quantitative estimate of drug-likeness (QED) is 0.904. The van der Waals surface area contributed by atoms with Crippen LogP contribution in [-0.4, -0.2) is 34.0 Å². The molecule has 0 atom stereocenters. The Morgan fingerprint density at radius 3 is 2.76 bits per heavy atom. The molecule has 0 aliphatic rings. The highest BCUT2D eigenvalue weighted by Gasteiger charge is 2.10. The van der Waals surface area contributed by atoms with Crippen molar-refractivity contribution in [3.63, 3.8) is 0 Å². The molecule has 0 aliphatic heterocycles. The lowest BCUT2D eigenvalue weighted by Gasteiger charge is -2.18. The largest absolute Gasteiger partial charge is 0.478 e. The van der Waals surface area contributed by atoms with Gasteiger partial charge in [0.05, 0.1) is 5.56 Å². The summed E-state index contributed by atoms with van der Waals surface area (Å²) in [7, 11) is 1.66. The van der Waals surface area contributed by atoms with Crippen LogP contribution in [0.15, 0.2) is 48.8 Å². The minimum absolute atomic E-state index is 0.128. The lowest BCUT2D eigenvalue weighted by Crippen LogP contribution is -2.30. The number of carboxylic acids is 1. The van der Waals surface area contributed by atoms with Crippen LogP contribution in [-0.2, 0) is 6.54 Å². The van der Waals surface area contributed by atoms with Crippen LogP contribution >= 0.6 is 0 Å². The lowest BCUT2D eigenvalue weighted by molar-refractivity contribution is 0.0697. The Morgan fingerprint density at radius 1 is 1.29 bits per heavy atom. The number of urea groups is 1. The van der Waals surface area contributed by atoms with Gasteiger partial charge in [-0.2, -0.15) is 0 Å². The maximum absolute atomic E-state index is 12.0. The van der Waals surface area contributed by atoms with E-state index in [0.717, 1.165) is 5.56 Å². The van der Waals surface area contributed by atoms with Crippen LogP contribution in [0.2, 0.25) is 0 Å². The highest BCUT2D eigenvalue weighted by atomic mass is 16.4. The number of carbonyl (C=O) groups excluding carboxylic acids is 1. The Morgan fingerprint density at radius 2 is 2.10 bits per heavy atom. The molecular formula is C15H15N3O3. The molecule has 2 amide bonds. The number of carboxylic acid groups (broad SMARTS) is 1. The number of nitrogens with zero attached hydrogens (tertiary/aromatic N) is 2. The van der Waals surface area contributed by atoms with Crippen molar-refractivity contribution in [2.24, 2.45) is 0 Å². The van der Waals surface area contributed by atoms with Crippen molar-refractivity contribution in [1.29, 1.82) is 0 Å². The first-order valence-electron chi connectivity index (χ1n) is 6.30. The summed E-state index contributed by atoms with van der Waals surface area (Å²) in [5, 5.41) is 11.6. The van der Waals surface area contributed by atoms with Gasteiger partial charge in [0.15, 0.2) is 0 Å². The minimum atomic E-state index is -1.03. The molecule has 0 fully saturated rings. The molecular weight excluding hydrogens is 270 g/mol. The van der Waals surface area contributed by atoms with Crippen molar-refractivity contribution in [3.8, 4) is 0 Å². The van der Waals surface area contributed by atoms with E-state index in [-0.39, 0.29) is 11.6 Å². The molecule has 108 valence electrons. The van der Waals surface area contributed by atoms with Gasteiger partial charge in [-0.05, 0) is 29.8 Å². The molecule has 1 aromatic heterocycles. The van der Waals surface area contributed by atoms with E-state index in [9.17, 15) is 9.59 Å². The molecule has 0 radical (unpaired) electrons. The van der Waals surface area contributed by atoms with E-state index in [2.05, 4.69) is 10.3 Å². The Labute approximate surface area is 122 Å². The van der Waals surface area contributed by atoms with Crippen molar-refractivity contribution < 1.29 is 14.7 Å². The predicted octanol–water partition coefficient (Wildman–Crippen LogP) is 2.44. The maximum Gasteiger partial charge on any atom is 0.335 e. The molecule has 1 heterocycles. The molecule has 0 spiro atoms. The molecule has 0 unspecified atom stereocenters. The zero-order valence-corrected chi connectivity index (χ0v) is 11.5. The average Bonchev–Trinajstić information content (AvgIpc) is 2.48. The van der Waals surface area contributed by atoms with Gasteiger partial charge in [0.25, 0.3) is 0 Å². The van der Waals surface area contributed by atoms with E-state index >= 15 is 0 Å². The first kappa shape index (κ1) is 14.5. The first-order chi connectivity index (χ1) is 10.1. The fraction of sp³-hybridized carbons (Fsp3) is 0.133. The number of amides is 2. The SMILES string of the molecule is CN(Cc1cccnc1)C(=O)Nc1cccc(C(=O)O)c1. The number of nitrogens with one attached hydrogen (secondary N) is 1. The fourth-order valence-electron chi connectivity index (χ4n) is 1.79. The van der Waals surface area contributed by atoms with E-state index in [4.69, 9.17) is 5.11 Å². The van der Waals surface area contributed by atoms with Gasteiger partial charge in [0.1, 0.15) is 0 Å². The fourth-order valence-corrected chi connectivity index (χ4v) is 1.79. The third kappa shape index (κ3) is 4.04. The molecule has 0 saturated heterocycles. The molecule has 1 aromatic carbocycles. The molecule has 6 nitrogen and oxygen atoms in total. The number of pyridine rings is 1. The Kier molecular flexibility index (Phi) is 4.50. The molecule has 0 aliphatic carbocycles. The van der Waals surface area contributed by atoms with E-state index < -0.39 is 5.97 Å². The van der Waals surface area contributed by atoms with Gasteiger partial charge in [-0.3, -0.25) is 4.98 Å². The highest BCUT2D eigenvalue weighted by molar-refractivity contribution is 5.93. The molecule has 21 heavy (non-hydrogen) atoms. The average molecular weight is 285 g/mol. The van der Waals surface area contributed by atoms with Crippen molar-refractivity contribution in [1.82, 2.24) is 9.88 Å². The monoisotopic (exact) mass is 285 g/mol. The lowest BCUT2D eigenvalue weighted by atomic mass is 10.2. The zero-order chi connectivity index (χ0) is 15.2. The Balaban J connectivity index is 2.00. The van der Waals surface area contributed by atoms with E-state index in [1.54, 1.807) is 37.6 Å². The topological polar surface area (TPSA) is 82.5 Å². The normalized spacial score (nSPS) is 9.95. The number of anilines is 1. The molecule has 2 N–H and O–H groups in total. The number of rotatable bonds is 4. The first-order valence-corrected chi connectivity index (χ1v) is 6.30. The van der Waals surface area contributed by atoms with Crippen molar-refractivity contribution in [3.05, 3.63) is 59.9 Å². The second kappa shape index (κ2) is 6.51. The van der Waals surface area contributed by atoms with E-state index in [1.165, 1.54) is 17.0 Å². The summed E-state index contributed by atoms with van der Waals surface area (Å²) in [5.41, 5.74) is 1.48. The van der Waals surface area contributed by atoms with E-state index in [0.29, 0.717) is 12.2 Å². The van der Waals surface area contributed by atoms with Crippen molar-refractivity contribution >= 4 is 17.7 Å². The number of carbonyl (C=O) groups is 2. The number of aromatic carboxylic acids is 1. The number of hydrogen-bond acceptors (Lipinski definition) is 3. The van der Waals surface area contributed by atoms with Crippen LogP contribution in [0.4, 0.5) is 10.5 Å². The second-order valence-electron chi connectivity index (χ2n) is 4.53. The van der Waals surface area contributed by atoms with E-state index in [1.807, 2.05) is 6.07 Å². The van der Waals surface area contributed by atoms with Crippen LogP contribution in [0.3, 0.4) is 0 Å². The molecule has 0 bridgehead atoms. The summed E-state index contributed by atoms with van der Waals surface area (Å²) in [5.74, 6) is -1.03. The smallest absolute Gasteiger partial charge is 0.335 e. The van der Waals surface area contributed by atoms with Crippen molar-refractivity contribution in [2.45, 2.75) is 6.54 Å². The van der Waals surface area contributed by atoms with Crippen LogP contribution < -0.4 is 5.32 Å². The summed E-state index contributed by atoms with van der Waals surface area (Å²) in [6, 6.07) is 9.47. The van der Waals surface area contributed by atoms with Crippen LogP contribution in [0.5, 0.6) is 0 Å². The predicted molar refractivity (Wildman–Crippen MR) is 78.1 cm³/mol. The van der Waals surface area contributed by atoms with Gasteiger partial charge in [-0.25, -0.2) is 9.59 Å². The van der Waals surface area contributed by atoms with Gasteiger partial charge in [-0.1, -0.05) is 12.1 Å². The maximum atomic E-state index is 12.0. The van der Waals surface area contributed by atoms with Gasteiger partial charge >= 0.3 is 12.0 Å². The summed E-state index contributed by atoms with van der Waals surface area (Å²) in [4.78, 5) is 28.4. The van der Waals surface area contributed by atoms with Crippen LogP contribution in [0, 0.1) is 0 Å². The molecule has 6 heteroatoms. The third-order valence-corrected chi connectivity index (χ3v) is 2.85. The zero-order valence-electron chi connectivity index (χ0n) is 11.5. The Hall–Kier alpha value is -2.89. The van der Waals surface area contributed by atoms with Crippen LogP contribution in [0.1, 0.15) is 15.9 Å². The van der Waals surface area contributed by atoms with Gasteiger partial charge in [0, 0.05) is 31.7 Å². The molecule has 2 rings (SSSR count). The van der Waals surface area contributed by atoms with Gasteiger partial charge < -0.3 is 15.3 Å². The highest BCUT2D eigenvalue weighted by Crippen LogP contribution is 2.12. The standard InChI is InChI=1S/C15H15N3O3/c1-18(10-11-4-3-7-16-9-11)15(21)17-13-6-2-5-12(8-13)14(19)20/h2-9H,10H2,1H3,(H,17,21)(H,19,20).